The Balaban J connectivity index is 0.00000264. The van der Waals surface area contributed by atoms with Gasteiger partial charge in [-0.15, -0.1) is 24.0 Å². The highest BCUT2D eigenvalue weighted by molar-refractivity contribution is 14.0. The van der Waals surface area contributed by atoms with E-state index in [4.69, 9.17) is 4.74 Å². The third-order valence-electron chi connectivity index (χ3n) is 3.21. The van der Waals surface area contributed by atoms with Gasteiger partial charge in [-0.25, -0.2) is 4.98 Å². The third kappa shape index (κ3) is 6.74. The van der Waals surface area contributed by atoms with E-state index in [0.29, 0.717) is 0 Å². The fourth-order valence-corrected chi connectivity index (χ4v) is 2.16. The number of nitrogens with one attached hydrogen (secondary N) is 2. The van der Waals surface area contributed by atoms with E-state index in [2.05, 4.69) is 33.7 Å². The van der Waals surface area contributed by atoms with Gasteiger partial charge in [-0.1, -0.05) is 6.07 Å². The number of hydrogen-bond donors (Lipinski definition) is 2. The largest absolute Gasteiger partial charge is 0.385 e. The number of aliphatic imine (C=N–C) groups is 1. The molecule has 0 unspecified atom stereocenters. The molecule has 2 aromatic heterocycles. The Hall–Kier alpha value is -1.35. The lowest BCUT2D eigenvalue weighted by Gasteiger charge is -2.10. The summed E-state index contributed by atoms with van der Waals surface area (Å²) in [6.45, 7) is 5.22. The van der Waals surface area contributed by atoms with Crippen molar-refractivity contribution in [3.8, 4) is 0 Å². The van der Waals surface area contributed by atoms with E-state index in [1.807, 2.05) is 28.8 Å². The molecule has 2 heterocycles. The number of aromatic nitrogens is 2. The molecule has 2 aromatic rings. The lowest BCUT2D eigenvalue weighted by molar-refractivity contribution is 0.197. The van der Waals surface area contributed by atoms with E-state index in [-0.39, 0.29) is 24.0 Å². The first-order chi connectivity index (χ1) is 10.8. The van der Waals surface area contributed by atoms with Gasteiger partial charge in [0.2, 0.25) is 0 Å². The van der Waals surface area contributed by atoms with Crippen molar-refractivity contribution >= 4 is 35.6 Å². The average Bonchev–Trinajstić information content (AvgIpc) is 2.94. The minimum Gasteiger partial charge on any atom is -0.385 e. The summed E-state index contributed by atoms with van der Waals surface area (Å²) in [7, 11) is 1.71. The van der Waals surface area contributed by atoms with Gasteiger partial charge in [0.15, 0.2) is 5.96 Å². The summed E-state index contributed by atoms with van der Waals surface area (Å²) in [5, 5.41) is 6.58. The van der Waals surface area contributed by atoms with E-state index in [1.165, 1.54) is 0 Å². The highest BCUT2D eigenvalue weighted by Crippen LogP contribution is 2.04. The van der Waals surface area contributed by atoms with Crippen LogP contribution in [-0.4, -0.2) is 48.7 Å². The molecule has 6 nitrogen and oxygen atoms in total. The Morgan fingerprint density at radius 3 is 2.96 bits per heavy atom. The molecule has 2 rings (SSSR count). The molecule has 128 valence electrons. The lowest BCUT2D eigenvalue weighted by atomic mass is 10.3. The Morgan fingerprint density at radius 2 is 2.22 bits per heavy atom. The standard InChI is InChI=1S/C16H25N5O.HI/c1-3-17-16(18-9-6-12-22-2)19-10-8-14-13-21-11-5-4-7-15(21)20-14;/h4-5,7,11,13H,3,6,8-10,12H2,1-2H3,(H2,17,18,19);1H. The topological polar surface area (TPSA) is 63.0 Å². The Bertz CT molecular complexity index is 566. The molecule has 2 N–H and O–H groups in total. The van der Waals surface area contributed by atoms with Gasteiger partial charge in [0.25, 0.3) is 0 Å². The van der Waals surface area contributed by atoms with Crippen molar-refractivity contribution in [3.63, 3.8) is 0 Å². The number of rotatable bonds is 8. The minimum atomic E-state index is 0. The molecule has 0 aliphatic rings. The Morgan fingerprint density at radius 1 is 1.35 bits per heavy atom. The Kier molecular flexibility index (Phi) is 9.61. The van der Waals surface area contributed by atoms with E-state index >= 15 is 0 Å². The van der Waals surface area contributed by atoms with Gasteiger partial charge in [-0.05, 0) is 25.5 Å². The van der Waals surface area contributed by atoms with Crippen LogP contribution < -0.4 is 10.6 Å². The second kappa shape index (κ2) is 11.2. The zero-order valence-corrected chi connectivity index (χ0v) is 16.1. The van der Waals surface area contributed by atoms with Gasteiger partial charge in [-0.2, -0.15) is 0 Å². The van der Waals surface area contributed by atoms with Crippen LogP contribution in [0.1, 0.15) is 19.0 Å². The predicted octanol–water partition coefficient (Wildman–Crippen LogP) is 2.09. The summed E-state index contributed by atoms with van der Waals surface area (Å²) in [6.07, 6.45) is 5.88. The van der Waals surface area contributed by atoms with E-state index in [0.717, 1.165) is 56.4 Å². The summed E-state index contributed by atoms with van der Waals surface area (Å²) >= 11 is 0. The molecule has 0 bridgehead atoms. The van der Waals surface area contributed by atoms with Crippen LogP contribution in [-0.2, 0) is 11.2 Å². The van der Waals surface area contributed by atoms with Crippen molar-refractivity contribution in [1.82, 2.24) is 20.0 Å². The molecule has 0 saturated heterocycles. The third-order valence-corrected chi connectivity index (χ3v) is 3.21. The summed E-state index contributed by atoms with van der Waals surface area (Å²) in [5.74, 6) is 0.849. The quantitative estimate of drug-likeness (QED) is 0.291. The molecule has 0 saturated carbocycles. The maximum Gasteiger partial charge on any atom is 0.191 e. The molecule has 0 aliphatic carbocycles. The van der Waals surface area contributed by atoms with Gasteiger partial charge < -0.3 is 19.8 Å². The molecule has 0 radical (unpaired) electrons. The van der Waals surface area contributed by atoms with Gasteiger partial charge in [0, 0.05) is 52.2 Å². The van der Waals surface area contributed by atoms with Crippen molar-refractivity contribution in [2.24, 2.45) is 4.99 Å². The number of ether oxygens (including phenoxy) is 1. The minimum absolute atomic E-state index is 0. The molecular weight excluding hydrogens is 405 g/mol. The molecular formula is C16H26IN5O. The van der Waals surface area contributed by atoms with Crippen molar-refractivity contribution in [3.05, 3.63) is 36.3 Å². The van der Waals surface area contributed by atoms with Crippen LogP contribution in [0.4, 0.5) is 0 Å². The highest BCUT2D eigenvalue weighted by Gasteiger charge is 2.02. The van der Waals surface area contributed by atoms with E-state index in [1.54, 1.807) is 7.11 Å². The second-order valence-corrected chi connectivity index (χ2v) is 4.98. The second-order valence-electron chi connectivity index (χ2n) is 4.98. The van der Waals surface area contributed by atoms with Gasteiger partial charge in [0.05, 0.1) is 5.69 Å². The SMILES string of the molecule is CCNC(=NCCCOC)NCCc1cn2ccccc2n1.I. The maximum atomic E-state index is 5.03. The summed E-state index contributed by atoms with van der Waals surface area (Å²) in [5.41, 5.74) is 2.06. The Labute approximate surface area is 154 Å². The molecule has 23 heavy (non-hydrogen) atoms. The number of imidazole rings is 1. The monoisotopic (exact) mass is 431 g/mol. The summed E-state index contributed by atoms with van der Waals surface area (Å²) in [6, 6.07) is 6.02. The fraction of sp³-hybridized carbons (Fsp3) is 0.500. The molecule has 0 aliphatic heterocycles. The number of halogens is 1. The van der Waals surface area contributed by atoms with Crippen molar-refractivity contribution in [1.29, 1.82) is 0 Å². The van der Waals surface area contributed by atoms with Crippen LogP contribution >= 0.6 is 24.0 Å². The van der Waals surface area contributed by atoms with Gasteiger partial charge in [-0.3, -0.25) is 4.99 Å². The average molecular weight is 431 g/mol. The van der Waals surface area contributed by atoms with Crippen LogP contribution in [0.2, 0.25) is 0 Å². The molecule has 0 amide bonds. The van der Waals surface area contributed by atoms with Crippen LogP contribution in [0.15, 0.2) is 35.6 Å². The molecule has 0 aromatic carbocycles. The number of fused-ring (bicyclic) bond motifs is 1. The lowest BCUT2D eigenvalue weighted by Crippen LogP contribution is -2.38. The molecule has 7 heteroatoms. The molecule has 0 fully saturated rings. The smallest absolute Gasteiger partial charge is 0.191 e. The number of hydrogen-bond acceptors (Lipinski definition) is 3. The van der Waals surface area contributed by atoms with Crippen LogP contribution in [0.5, 0.6) is 0 Å². The van der Waals surface area contributed by atoms with Crippen LogP contribution in [0, 0.1) is 0 Å². The fourth-order valence-electron chi connectivity index (χ4n) is 2.16. The van der Waals surface area contributed by atoms with Gasteiger partial charge in [0.1, 0.15) is 5.65 Å². The van der Waals surface area contributed by atoms with Crippen molar-refractivity contribution in [2.45, 2.75) is 19.8 Å². The zero-order valence-electron chi connectivity index (χ0n) is 13.8. The first-order valence-corrected chi connectivity index (χ1v) is 7.77. The maximum absolute atomic E-state index is 5.03. The number of methoxy groups -OCH3 is 1. The van der Waals surface area contributed by atoms with Crippen molar-refractivity contribution < 1.29 is 4.74 Å². The molecule has 0 spiro atoms. The van der Waals surface area contributed by atoms with Gasteiger partial charge >= 0.3 is 0 Å². The summed E-state index contributed by atoms with van der Waals surface area (Å²) in [4.78, 5) is 9.10. The first kappa shape index (κ1) is 19.7. The van der Waals surface area contributed by atoms with Crippen LogP contribution in [0.3, 0.4) is 0 Å². The normalized spacial score (nSPS) is 11.3. The highest BCUT2D eigenvalue weighted by atomic mass is 127. The van der Waals surface area contributed by atoms with Crippen LogP contribution in [0.25, 0.3) is 5.65 Å². The number of pyridine rings is 1. The molecule has 0 atom stereocenters. The van der Waals surface area contributed by atoms with E-state index < -0.39 is 0 Å². The first-order valence-electron chi connectivity index (χ1n) is 7.77. The van der Waals surface area contributed by atoms with Crippen molar-refractivity contribution in [2.75, 3.05) is 33.4 Å². The zero-order chi connectivity index (χ0) is 15.6. The summed E-state index contributed by atoms with van der Waals surface area (Å²) < 4.78 is 7.07. The predicted molar refractivity (Wildman–Crippen MR) is 105 cm³/mol. The number of guanidine groups is 1. The number of nitrogens with zero attached hydrogens (tertiary/aromatic N) is 3. The van der Waals surface area contributed by atoms with E-state index in [9.17, 15) is 0 Å².